The van der Waals surface area contributed by atoms with Crippen molar-refractivity contribution in [2.24, 2.45) is 0 Å². The Kier molecular flexibility index (Phi) is 5.29. The summed E-state index contributed by atoms with van der Waals surface area (Å²) in [7, 11) is 3.51. The number of hydrogen-bond donors (Lipinski definition) is 2. The fourth-order valence-corrected chi connectivity index (χ4v) is 4.29. The van der Waals surface area contributed by atoms with Gasteiger partial charge in [-0.2, -0.15) is 4.98 Å². The van der Waals surface area contributed by atoms with Gasteiger partial charge in [0, 0.05) is 55.4 Å². The lowest BCUT2D eigenvalue weighted by atomic mass is 10.1. The number of methoxy groups -OCH3 is 1. The number of rotatable bonds is 5. The SMILES string of the molecule is COc1ncc2c(N(C)C3CCNC3)ccc(C(=O)Nc3cc(F)c4nc(C)cn4c3)c2n1. The number of carbonyl (C=O) groups excluding carboxylic acids is 1. The first-order valence-corrected chi connectivity index (χ1v) is 10.7. The second kappa shape index (κ2) is 8.28. The van der Waals surface area contributed by atoms with Crippen molar-refractivity contribution >= 4 is 33.8 Å². The van der Waals surface area contributed by atoms with Gasteiger partial charge < -0.3 is 24.7 Å². The molecule has 1 aliphatic heterocycles. The number of pyridine rings is 1. The highest BCUT2D eigenvalue weighted by atomic mass is 19.1. The summed E-state index contributed by atoms with van der Waals surface area (Å²) in [4.78, 5) is 28.3. The molecule has 0 aliphatic carbocycles. The van der Waals surface area contributed by atoms with E-state index in [1.807, 2.05) is 13.1 Å². The predicted molar refractivity (Wildman–Crippen MR) is 124 cm³/mol. The Balaban J connectivity index is 1.54. The van der Waals surface area contributed by atoms with Crippen LogP contribution in [0, 0.1) is 12.7 Å². The van der Waals surface area contributed by atoms with Crippen LogP contribution >= 0.6 is 0 Å². The van der Waals surface area contributed by atoms with Crippen molar-refractivity contribution in [3.8, 4) is 6.01 Å². The molecule has 0 radical (unpaired) electrons. The fraction of sp³-hybridized carbons (Fsp3) is 0.304. The maximum Gasteiger partial charge on any atom is 0.316 e. The number of nitrogens with zero attached hydrogens (tertiary/aromatic N) is 5. The van der Waals surface area contributed by atoms with Crippen LogP contribution in [0.4, 0.5) is 15.8 Å². The van der Waals surface area contributed by atoms with Gasteiger partial charge in [-0.25, -0.2) is 14.4 Å². The molecule has 0 saturated carbocycles. The number of halogens is 1. The Bertz CT molecular complexity index is 1360. The molecule has 3 aromatic heterocycles. The molecule has 1 amide bonds. The molecule has 2 N–H and O–H groups in total. The van der Waals surface area contributed by atoms with E-state index in [0.29, 0.717) is 28.5 Å². The van der Waals surface area contributed by atoms with Gasteiger partial charge in [0.15, 0.2) is 11.5 Å². The summed E-state index contributed by atoms with van der Waals surface area (Å²) in [6.45, 7) is 3.64. The Morgan fingerprint density at radius 1 is 1.33 bits per heavy atom. The first-order chi connectivity index (χ1) is 15.9. The number of aromatic nitrogens is 4. The third-order valence-electron chi connectivity index (χ3n) is 5.98. The van der Waals surface area contributed by atoms with Gasteiger partial charge in [-0.1, -0.05) is 0 Å². The molecule has 33 heavy (non-hydrogen) atoms. The number of aryl methyl sites for hydroxylation is 1. The largest absolute Gasteiger partial charge is 0.467 e. The summed E-state index contributed by atoms with van der Waals surface area (Å²) in [5.41, 5.74) is 2.95. The number of anilines is 2. The average Bonchev–Trinajstić information content (AvgIpc) is 3.47. The standard InChI is InChI=1S/C23H24FN7O2/c1-13-11-31-12-14(8-18(24)21(31)27-13)28-22(32)16-4-5-19(30(2)15-6-7-25-9-15)17-10-26-23(33-3)29-20(16)17/h4-5,8,10-12,15,25H,6-7,9H2,1-3H3,(H,28,32). The van der Waals surface area contributed by atoms with Gasteiger partial charge in [-0.15, -0.1) is 0 Å². The molecule has 4 heterocycles. The molecule has 1 aliphatic rings. The lowest BCUT2D eigenvalue weighted by Crippen LogP contribution is -2.33. The Hall–Kier alpha value is -3.79. The smallest absolute Gasteiger partial charge is 0.316 e. The van der Waals surface area contributed by atoms with Crippen LogP contribution in [0.5, 0.6) is 6.01 Å². The van der Waals surface area contributed by atoms with Crippen molar-refractivity contribution in [1.82, 2.24) is 24.7 Å². The summed E-state index contributed by atoms with van der Waals surface area (Å²) in [5, 5.41) is 6.89. The highest BCUT2D eigenvalue weighted by molar-refractivity contribution is 6.13. The van der Waals surface area contributed by atoms with Crippen LogP contribution in [0.15, 0.2) is 36.8 Å². The fourth-order valence-electron chi connectivity index (χ4n) is 4.29. The lowest BCUT2D eigenvalue weighted by Gasteiger charge is -2.27. The number of carbonyl (C=O) groups is 1. The van der Waals surface area contributed by atoms with E-state index in [9.17, 15) is 9.18 Å². The van der Waals surface area contributed by atoms with E-state index in [4.69, 9.17) is 4.74 Å². The van der Waals surface area contributed by atoms with Crippen molar-refractivity contribution in [2.45, 2.75) is 19.4 Å². The molecule has 1 fully saturated rings. The van der Waals surface area contributed by atoms with Gasteiger partial charge in [0.1, 0.15) is 0 Å². The van der Waals surface area contributed by atoms with E-state index >= 15 is 0 Å². The topological polar surface area (TPSA) is 96.7 Å². The highest BCUT2D eigenvalue weighted by Crippen LogP contribution is 2.31. The van der Waals surface area contributed by atoms with Crippen molar-refractivity contribution in [3.63, 3.8) is 0 Å². The van der Waals surface area contributed by atoms with E-state index < -0.39 is 11.7 Å². The summed E-state index contributed by atoms with van der Waals surface area (Å²) < 4.78 is 21.2. The zero-order valence-corrected chi connectivity index (χ0v) is 18.6. The number of amides is 1. The second-order valence-electron chi connectivity index (χ2n) is 8.15. The first kappa shape index (κ1) is 21.1. The van der Waals surface area contributed by atoms with Crippen LogP contribution in [0.3, 0.4) is 0 Å². The highest BCUT2D eigenvalue weighted by Gasteiger charge is 2.23. The molecule has 0 bridgehead atoms. The molecule has 1 unspecified atom stereocenters. The number of likely N-dealkylation sites (N-methyl/N-ethyl adjacent to an activating group) is 1. The minimum absolute atomic E-state index is 0.167. The summed E-state index contributed by atoms with van der Waals surface area (Å²) in [6.07, 6.45) is 6.03. The van der Waals surface area contributed by atoms with Crippen LogP contribution in [-0.4, -0.2) is 58.5 Å². The van der Waals surface area contributed by atoms with Crippen LogP contribution in [0.25, 0.3) is 16.6 Å². The van der Waals surface area contributed by atoms with Crippen LogP contribution in [0.2, 0.25) is 0 Å². The molecular weight excluding hydrogens is 425 g/mol. The molecule has 1 saturated heterocycles. The van der Waals surface area contributed by atoms with Gasteiger partial charge in [-0.05, 0) is 32.0 Å². The Morgan fingerprint density at radius 3 is 2.94 bits per heavy atom. The number of benzene rings is 1. The van der Waals surface area contributed by atoms with E-state index in [2.05, 4.69) is 30.5 Å². The predicted octanol–water partition coefficient (Wildman–Crippen LogP) is 2.78. The van der Waals surface area contributed by atoms with Crippen molar-refractivity contribution in [2.75, 3.05) is 37.5 Å². The monoisotopic (exact) mass is 449 g/mol. The maximum atomic E-state index is 14.5. The molecule has 0 spiro atoms. The quantitative estimate of drug-likeness (QED) is 0.484. The third-order valence-corrected chi connectivity index (χ3v) is 5.98. The lowest BCUT2D eigenvalue weighted by molar-refractivity contribution is 0.102. The van der Waals surface area contributed by atoms with E-state index in [-0.39, 0.29) is 11.7 Å². The van der Waals surface area contributed by atoms with Gasteiger partial charge in [0.2, 0.25) is 0 Å². The minimum Gasteiger partial charge on any atom is -0.467 e. The van der Waals surface area contributed by atoms with Crippen LogP contribution in [-0.2, 0) is 0 Å². The Labute approximate surface area is 189 Å². The Morgan fingerprint density at radius 2 is 2.18 bits per heavy atom. The molecule has 5 rings (SSSR count). The molecule has 9 nitrogen and oxygen atoms in total. The molecule has 10 heteroatoms. The van der Waals surface area contributed by atoms with Crippen LogP contribution < -0.4 is 20.3 Å². The molecule has 1 atom stereocenters. The number of ether oxygens (including phenoxy) is 1. The normalized spacial score (nSPS) is 15.8. The summed E-state index contributed by atoms with van der Waals surface area (Å²) in [6, 6.07) is 5.39. The number of imidazole rings is 1. The van der Waals surface area contributed by atoms with Crippen LogP contribution in [0.1, 0.15) is 22.5 Å². The molecule has 4 aromatic rings. The molecule has 1 aromatic carbocycles. The summed E-state index contributed by atoms with van der Waals surface area (Å²) >= 11 is 0. The number of hydrogen-bond acceptors (Lipinski definition) is 7. The zero-order valence-electron chi connectivity index (χ0n) is 18.6. The number of fused-ring (bicyclic) bond motifs is 2. The van der Waals surface area contributed by atoms with Gasteiger partial charge >= 0.3 is 6.01 Å². The van der Waals surface area contributed by atoms with Crippen molar-refractivity contribution < 1.29 is 13.9 Å². The minimum atomic E-state index is -0.517. The average molecular weight is 449 g/mol. The summed E-state index contributed by atoms with van der Waals surface area (Å²) in [5.74, 6) is -0.926. The number of nitrogens with one attached hydrogen (secondary N) is 2. The van der Waals surface area contributed by atoms with E-state index in [1.165, 1.54) is 13.2 Å². The second-order valence-corrected chi connectivity index (χ2v) is 8.15. The maximum absolute atomic E-state index is 14.5. The third kappa shape index (κ3) is 3.82. The first-order valence-electron chi connectivity index (χ1n) is 10.7. The zero-order chi connectivity index (χ0) is 23.1. The van der Waals surface area contributed by atoms with Gasteiger partial charge in [0.05, 0.1) is 29.6 Å². The molecule has 170 valence electrons. The molecular formula is C23H24FN7O2. The van der Waals surface area contributed by atoms with Gasteiger partial charge in [0.25, 0.3) is 5.91 Å². The van der Waals surface area contributed by atoms with Gasteiger partial charge in [-0.3, -0.25) is 4.79 Å². The van der Waals surface area contributed by atoms with Crippen molar-refractivity contribution in [3.05, 3.63) is 53.9 Å². The van der Waals surface area contributed by atoms with Crippen molar-refractivity contribution in [1.29, 1.82) is 0 Å². The van der Waals surface area contributed by atoms with E-state index in [1.54, 1.807) is 36.0 Å². The van der Waals surface area contributed by atoms with E-state index in [0.717, 1.165) is 30.6 Å².